The Bertz CT molecular complexity index is 547. The number of fused-ring (bicyclic) bond motifs is 1. The van der Waals surface area contributed by atoms with E-state index in [0.717, 1.165) is 18.0 Å². The standard InChI is InChI=1S/C17H24N2/c1-13(2)17-18-15-10-6-7-11-16(15)19(17)12-14-8-4-3-5-9-14/h6-7,10-11,13-14H,3-5,8-9,12H2,1-2H3. The monoisotopic (exact) mass is 256 g/mol. The maximum atomic E-state index is 4.84. The molecule has 0 amide bonds. The number of imidazole rings is 1. The summed E-state index contributed by atoms with van der Waals surface area (Å²) in [5, 5.41) is 0. The lowest BCUT2D eigenvalue weighted by molar-refractivity contribution is 0.318. The minimum atomic E-state index is 0.496. The van der Waals surface area contributed by atoms with Crippen LogP contribution in [0.1, 0.15) is 57.7 Å². The van der Waals surface area contributed by atoms with Crippen LogP contribution in [-0.2, 0) is 6.54 Å². The van der Waals surface area contributed by atoms with Crippen molar-refractivity contribution in [3.63, 3.8) is 0 Å². The number of aromatic nitrogens is 2. The molecular formula is C17H24N2. The lowest BCUT2D eigenvalue weighted by Crippen LogP contribution is -2.16. The van der Waals surface area contributed by atoms with Crippen LogP contribution in [0.3, 0.4) is 0 Å². The maximum Gasteiger partial charge on any atom is 0.112 e. The first-order valence-corrected chi connectivity index (χ1v) is 7.71. The Balaban J connectivity index is 1.97. The van der Waals surface area contributed by atoms with Crippen LogP contribution in [0.4, 0.5) is 0 Å². The van der Waals surface area contributed by atoms with E-state index in [-0.39, 0.29) is 0 Å². The molecule has 0 saturated heterocycles. The Hall–Kier alpha value is -1.31. The molecule has 0 atom stereocenters. The van der Waals surface area contributed by atoms with Crippen LogP contribution in [0.5, 0.6) is 0 Å². The summed E-state index contributed by atoms with van der Waals surface area (Å²) < 4.78 is 2.48. The van der Waals surface area contributed by atoms with Gasteiger partial charge in [0.1, 0.15) is 5.82 Å². The molecule has 0 spiro atoms. The molecule has 1 fully saturated rings. The molecule has 2 heteroatoms. The zero-order valence-corrected chi connectivity index (χ0v) is 12.1. The summed E-state index contributed by atoms with van der Waals surface area (Å²) in [6.45, 7) is 5.66. The first-order valence-electron chi connectivity index (χ1n) is 7.71. The summed E-state index contributed by atoms with van der Waals surface area (Å²) >= 11 is 0. The Morgan fingerprint density at radius 2 is 1.89 bits per heavy atom. The average molecular weight is 256 g/mol. The molecule has 0 unspecified atom stereocenters. The summed E-state index contributed by atoms with van der Waals surface area (Å²) in [5.41, 5.74) is 2.47. The molecule has 1 aliphatic carbocycles. The molecule has 1 heterocycles. The van der Waals surface area contributed by atoms with Gasteiger partial charge in [0.25, 0.3) is 0 Å². The van der Waals surface area contributed by atoms with Gasteiger partial charge in [-0.25, -0.2) is 4.98 Å². The van der Waals surface area contributed by atoms with Crippen molar-refractivity contribution in [2.75, 3.05) is 0 Å². The van der Waals surface area contributed by atoms with E-state index in [2.05, 4.69) is 42.7 Å². The Labute approximate surface area is 115 Å². The number of rotatable bonds is 3. The van der Waals surface area contributed by atoms with Gasteiger partial charge < -0.3 is 4.57 Å². The second-order valence-corrected chi connectivity index (χ2v) is 6.23. The summed E-state index contributed by atoms with van der Waals surface area (Å²) in [5.74, 6) is 2.60. The molecule has 1 aromatic heterocycles. The number of hydrogen-bond donors (Lipinski definition) is 0. The molecule has 1 aliphatic rings. The van der Waals surface area contributed by atoms with Crippen molar-refractivity contribution in [2.45, 2.75) is 58.4 Å². The molecule has 1 saturated carbocycles. The van der Waals surface area contributed by atoms with E-state index >= 15 is 0 Å². The van der Waals surface area contributed by atoms with Crippen LogP contribution in [0, 0.1) is 5.92 Å². The van der Waals surface area contributed by atoms with Crippen LogP contribution in [0.15, 0.2) is 24.3 Å². The van der Waals surface area contributed by atoms with Crippen molar-refractivity contribution in [1.82, 2.24) is 9.55 Å². The number of para-hydroxylation sites is 2. The Morgan fingerprint density at radius 3 is 2.63 bits per heavy atom. The summed E-state index contributed by atoms with van der Waals surface area (Å²) in [4.78, 5) is 4.84. The SMILES string of the molecule is CC(C)c1nc2ccccc2n1CC1CCCCC1. The van der Waals surface area contributed by atoms with E-state index in [1.54, 1.807) is 0 Å². The molecule has 0 aliphatic heterocycles. The van der Waals surface area contributed by atoms with E-state index in [4.69, 9.17) is 4.98 Å². The third-order valence-electron chi connectivity index (χ3n) is 4.37. The quantitative estimate of drug-likeness (QED) is 0.775. The zero-order valence-electron chi connectivity index (χ0n) is 12.1. The first-order chi connectivity index (χ1) is 9.25. The van der Waals surface area contributed by atoms with Crippen LogP contribution in [0.2, 0.25) is 0 Å². The van der Waals surface area contributed by atoms with Gasteiger partial charge in [0, 0.05) is 12.5 Å². The average Bonchev–Trinajstić information content (AvgIpc) is 2.79. The summed E-state index contributed by atoms with van der Waals surface area (Å²) in [6.07, 6.45) is 7.04. The molecule has 0 radical (unpaired) electrons. The predicted octanol–water partition coefficient (Wildman–Crippen LogP) is 4.74. The van der Waals surface area contributed by atoms with Crippen LogP contribution < -0.4 is 0 Å². The van der Waals surface area contributed by atoms with Crippen LogP contribution in [-0.4, -0.2) is 9.55 Å². The highest BCUT2D eigenvalue weighted by Crippen LogP contribution is 2.29. The third kappa shape index (κ3) is 2.54. The van der Waals surface area contributed by atoms with Gasteiger partial charge in [-0.3, -0.25) is 0 Å². The molecule has 1 aromatic carbocycles. The molecule has 2 nitrogen and oxygen atoms in total. The van der Waals surface area contributed by atoms with Gasteiger partial charge in [0.2, 0.25) is 0 Å². The van der Waals surface area contributed by atoms with Gasteiger partial charge in [0.05, 0.1) is 11.0 Å². The first kappa shape index (κ1) is 12.7. The van der Waals surface area contributed by atoms with Gasteiger partial charge in [-0.1, -0.05) is 45.2 Å². The van der Waals surface area contributed by atoms with Crippen molar-refractivity contribution in [3.8, 4) is 0 Å². The van der Waals surface area contributed by atoms with E-state index in [1.165, 1.54) is 43.4 Å². The number of benzene rings is 1. The maximum absolute atomic E-state index is 4.84. The summed E-state index contributed by atoms with van der Waals surface area (Å²) in [7, 11) is 0. The topological polar surface area (TPSA) is 17.8 Å². The van der Waals surface area contributed by atoms with Gasteiger partial charge in [-0.2, -0.15) is 0 Å². The number of hydrogen-bond acceptors (Lipinski definition) is 1. The molecule has 0 N–H and O–H groups in total. The van der Waals surface area contributed by atoms with E-state index in [9.17, 15) is 0 Å². The van der Waals surface area contributed by atoms with Gasteiger partial charge in [0.15, 0.2) is 0 Å². The Morgan fingerprint density at radius 1 is 1.16 bits per heavy atom. The molecule has 0 bridgehead atoms. The highest BCUT2D eigenvalue weighted by Gasteiger charge is 2.19. The normalized spacial score (nSPS) is 17.4. The zero-order chi connectivity index (χ0) is 13.2. The fraction of sp³-hybridized carbons (Fsp3) is 0.588. The smallest absolute Gasteiger partial charge is 0.112 e. The predicted molar refractivity (Wildman–Crippen MR) is 80.4 cm³/mol. The lowest BCUT2D eigenvalue weighted by Gasteiger charge is -2.23. The fourth-order valence-corrected chi connectivity index (χ4v) is 3.35. The highest BCUT2D eigenvalue weighted by atomic mass is 15.1. The van der Waals surface area contributed by atoms with Gasteiger partial charge in [-0.05, 0) is 30.9 Å². The molecule has 3 rings (SSSR count). The van der Waals surface area contributed by atoms with Crippen molar-refractivity contribution in [2.24, 2.45) is 5.92 Å². The Kier molecular flexibility index (Phi) is 3.58. The number of nitrogens with zero attached hydrogens (tertiary/aromatic N) is 2. The second kappa shape index (κ2) is 5.36. The molecule has 19 heavy (non-hydrogen) atoms. The second-order valence-electron chi connectivity index (χ2n) is 6.23. The van der Waals surface area contributed by atoms with Gasteiger partial charge in [-0.15, -0.1) is 0 Å². The minimum Gasteiger partial charge on any atom is -0.327 e. The van der Waals surface area contributed by atoms with E-state index in [0.29, 0.717) is 5.92 Å². The van der Waals surface area contributed by atoms with Crippen molar-refractivity contribution in [3.05, 3.63) is 30.1 Å². The van der Waals surface area contributed by atoms with E-state index in [1.807, 2.05) is 0 Å². The lowest BCUT2D eigenvalue weighted by atomic mass is 9.89. The fourth-order valence-electron chi connectivity index (χ4n) is 3.35. The summed E-state index contributed by atoms with van der Waals surface area (Å²) in [6, 6.07) is 8.57. The molecule has 102 valence electrons. The van der Waals surface area contributed by atoms with Crippen molar-refractivity contribution < 1.29 is 0 Å². The van der Waals surface area contributed by atoms with Crippen molar-refractivity contribution >= 4 is 11.0 Å². The van der Waals surface area contributed by atoms with Gasteiger partial charge >= 0.3 is 0 Å². The molecule has 2 aromatic rings. The van der Waals surface area contributed by atoms with E-state index < -0.39 is 0 Å². The highest BCUT2D eigenvalue weighted by molar-refractivity contribution is 5.76. The van der Waals surface area contributed by atoms with Crippen LogP contribution in [0.25, 0.3) is 11.0 Å². The van der Waals surface area contributed by atoms with Crippen molar-refractivity contribution in [1.29, 1.82) is 0 Å². The van der Waals surface area contributed by atoms with Crippen LogP contribution >= 0.6 is 0 Å². The third-order valence-corrected chi connectivity index (χ3v) is 4.37. The minimum absolute atomic E-state index is 0.496. The largest absolute Gasteiger partial charge is 0.327 e. The molecular weight excluding hydrogens is 232 g/mol.